The van der Waals surface area contributed by atoms with Crippen LogP contribution in [-0.2, 0) is 0 Å². The van der Waals surface area contributed by atoms with Crippen molar-refractivity contribution in [3.05, 3.63) is 53.1 Å². The molecule has 0 saturated heterocycles. The highest BCUT2D eigenvalue weighted by atomic mass is 35.5. The number of benzene rings is 2. The van der Waals surface area contributed by atoms with Gasteiger partial charge in [-0.15, -0.1) is 0 Å². The molecule has 0 atom stereocenters. The normalized spacial score (nSPS) is 13.3. The average molecular weight is 247 g/mol. The van der Waals surface area contributed by atoms with E-state index in [1.54, 1.807) is 0 Å². The van der Waals surface area contributed by atoms with E-state index in [9.17, 15) is 0 Å². The zero-order valence-electron chi connectivity index (χ0n) is 8.35. The minimum absolute atomic E-state index is 0.732. The van der Waals surface area contributed by atoms with Crippen LogP contribution >= 0.6 is 20.0 Å². The molecule has 0 N–H and O–H groups in total. The van der Waals surface area contributed by atoms with Crippen molar-refractivity contribution >= 4 is 25.8 Å². The van der Waals surface area contributed by atoms with Crippen LogP contribution in [0.3, 0.4) is 0 Å². The molecule has 0 amide bonds. The first kappa shape index (κ1) is 9.89. The fourth-order valence-corrected chi connectivity index (χ4v) is 2.74. The van der Waals surface area contributed by atoms with Gasteiger partial charge in [-0.25, -0.2) is 0 Å². The Bertz CT molecular complexity index is 578. The van der Waals surface area contributed by atoms with E-state index in [-0.39, 0.29) is 0 Å². The molecule has 3 heteroatoms. The summed E-state index contributed by atoms with van der Waals surface area (Å²) in [5.74, 6) is 2.89. The van der Waals surface area contributed by atoms with E-state index in [0.29, 0.717) is 0 Å². The summed E-state index contributed by atoms with van der Waals surface area (Å²) in [5.41, 5.74) is 3.28. The maximum absolute atomic E-state index is 6.25. The Morgan fingerprint density at radius 1 is 1.00 bits per heavy atom. The zero-order chi connectivity index (χ0) is 11.0. The van der Waals surface area contributed by atoms with Gasteiger partial charge >= 0.3 is 0 Å². The first-order chi connectivity index (χ1) is 7.86. The van der Waals surface area contributed by atoms with E-state index in [0.717, 1.165) is 35.9 Å². The second-order valence-corrected chi connectivity index (χ2v) is 4.58. The molecule has 2 aromatic carbocycles. The summed E-state index contributed by atoms with van der Waals surface area (Å²) in [4.78, 5) is 0. The van der Waals surface area contributed by atoms with Gasteiger partial charge in [0.1, 0.15) is 14.2 Å². The van der Waals surface area contributed by atoms with Crippen LogP contribution in [0.1, 0.15) is 5.56 Å². The summed E-state index contributed by atoms with van der Waals surface area (Å²) in [6.45, 7) is 0. The Labute approximate surface area is 101 Å². The molecule has 0 bridgehead atoms. The van der Waals surface area contributed by atoms with Crippen LogP contribution in [0.2, 0.25) is 5.02 Å². The van der Waals surface area contributed by atoms with E-state index in [1.807, 2.05) is 36.1 Å². The third-order valence-electron chi connectivity index (χ3n) is 2.55. The Morgan fingerprint density at radius 2 is 1.88 bits per heavy atom. The lowest BCUT2D eigenvalue weighted by Gasteiger charge is -2.09. The van der Waals surface area contributed by atoms with Crippen LogP contribution < -0.4 is 4.52 Å². The second kappa shape index (κ2) is 3.93. The molecule has 0 aromatic heterocycles. The minimum atomic E-state index is 0.732. The lowest BCUT2D eigenvalue weighted by molar-refractivity contribution is 0.646. The summed E-state index contributed by atoms with van der Waals surface area (Å²) in [5, 5.41) is 0.732. The molecule has 0 saturated carbocycles. The standard InChI is InChI=1S/C13H8ClOP/c14-11-6-3-7-12-13(11)10-5-2-1-4-9(10)8-16-15-12/h1-8H. The molecule has 1 aliphatic heterocycles. The Balaban J connectivity index is 2.37. The molecule has 78 valence electrons. The van der Waals surface area contributed by atoms with Gasteiger partial charge in [0.25, 0.3) is 0 Å². The van der Waals surface area contributed by atoms with Gasteiger partial charge in [-0.05, 0) is 23.3 Å². The van der Waals surface area contributed by atoms with Crippen molar-refractivity contribution < 1.29 is 4.52 Å². The van der Waals surface area contributed by atoms with Gasteiger partial charge in [-0.2, -0.15) is 0 Å². The number of hydrogen-bond acceptors (Lipinski definition) is 1. The minimum Gasteiger partial charge on any atom is -0.439 e. The first-order valence-corrected chi connectivity index (χ1v) is 6.20. The summed E-state index contributed by atoms with van der Waals surface area (Å²) in [6, 6.07) is 13.9. The van der Waals surface area contributed by atoms with E-state index in [1.165, 1.54) is 0 Å². The van der Waals surface area contributed by atoms with Crippen LogP contribution in [0.15, 0.2) is 42.5 Å². The third kappa shape index (κ3) is 1.53. The van der Waals surface area contributed by atoms with Gasteiger partial charge in [0.05, 0.1) is 5.02 Å². The molecule has 1 nitrogen and oxygen atoms in total. The second-order valence-electron chi connectivity index (χ2n) is 3.53. The quantitative estimate of drug-likeness (QED) is 0.626. The molecule has 2 aromatic rings. The molecule has 3 rings (SSSR count). The van der Waals surface area contributed by atoms with Gasteiger partial charge in [0, 0.05) is 11.4 Å². The van der Waals surface area contributed by atoms with Gasteiger partial charge < -0.3 is 4.52 Å². The highest BCUT2D eigenvalue weighted by Crippen LogP contribution is 2.40. The molecule has 0 spiro atoms. The molecule has 1 aliphatic rings. The van der Waals surface area contributed by atoms with Crippen LogP contribution in [0, 0.1) is 0 Å². The fraction of sp³-hybridized carbons (Fsp3) is 0. The van der Waals surface area contributed by atoms with E-state index in [2.05, 4.69) is 12.1 Å². The van der Waals surface area contributed by atoms with Gasteiger partial charge in [0.2, 0.25) is 0 Å². The van der Waals surface area contributed by atoms with Crippen molar-refractivity contribution in [1.29, 1.82) is 0 Å². The van der Waals surface area contributed by atoms with Crippen LogP contribution in [0.5, 0.6) is 5.75 Å². The van der Waals surface area contributed by atoms with E-state index in [4.69, 9.17) is 16.1 Å². The predicted octanol–water partition coefficient (Wildman–Crippen LogP) is 4.41. The maximum Gasteiger partial charge on any atom is 0.140 e. The van der Waals surface area contributed by atoms with Gasteiger partial charge in [-0.1, -0.05) is 41.9 Å². The Kier molecular flexibility index (Phi) is 2.43. The molecule has 1 heterocycles. The molecule has 0 unspecified atom stereocenters. The number of hydrogen-bond donors (Lipinski definition) is 0. The monoisotopic (exact) mass is 246 g/mol. The molecular weight excluding hydrogens is 239 g/mol. The summed E-state index contributed by atoms with van der Waals surface area (Å²) < 4.78 is 5.64. The zero-order valence-corrected chi connectivity index (χ0v) is 10.0. The Morgan fingerprint density at radius 3 is 2.81 bits per heavy atom. The summed E-state index contributed by atoms with van der Waals surface area (Å²) in [6.07, 6.45) is 0. The number of rotatable bonds is 0. The van der Waals surface area contributed by atoms with Crippen LogP contribution in [0.25, 0.3) is 11.1 Å². The van der Waals surface area contributed by atoms with Gasteiger partial charge in [-0.3, -0.25) is 0 Å². The predicted molar refractivity (Wildman–Crippen MR) is 69.6 cm³/mol. The molecule has 0 radical (unpaired) electrons. The molecule has 0 fully saturated rings. The highest BCUT2D eigenvalue weighted by Gasteiger charge is 2.15. The van der Waals surface area contributed by atoms with Crippen molar-refractivity contribution in [3.63, 3.8) is 0 Å². The molecule has 0 aliphatic carbocycles. The molecular formula is C13H8ClOP. The van der Waals surface area contributed by atoms with Crippen molar-refractivity contribution in [2.45, 2.75) is 0 Å². The first-order valence-electron chi connectivity index (χ1n) is 4.94. The van der Waals surface area contributed by atoms with Crippen molar-refractivity contribution in [3.8, 4) is 16.9 Å². The maximum atomic E-state index is 6.25. The topological polar surface area (TPSA) is 9.23 Å². The SMILES string of the molecule is Clc1cccc2c1-c1ccccc1C=PO2. The van der Waals surface area contributed by atoms with E-state index < -0.39 is 0 Å². The van der Waals surface area contributed by atoms with Crippen molar-refractivity contribution in [2.24, 2.45) is 0 Å². The largest absolute Gasteiger partial charge is 0.439 e. The highest BCUT2D eigenvalue weighted by molar-refractivity contribution is 7.34. The average Bonchev–Trinajstić information content (AvgIpc) is 2.49. The summed E-state index contributed by atoms with van der Waals surface area (Å²) in [7, 11) is 0.834. The van der Waals surface area contributed by atoms with Crippen molar-refractivity contribution in [2.75, 3.05) is 0 Å². The number of halogens is 1. The van der Waals surface area contributed by atoms with Crippen LogP contribution in [-0.4, -0.2) is 5.80 Å². The van der Waals surface area contributed by atoms with Gasteiger partial charge in [0.15, 0.2) is 0 Å². The lowest BCUT2D eigenvalue weighted by atomic mass is 10.00. The van der Waals surface area contributed by atoms with E-state index >= 15 is 0 Å². The number of fused-ring (bicyclic) bond motifs is 3. The van der Waals surface area contributed by atoms with Crippen LogP contribution in [0.4, 0.5) is 0 Å². The summed E-state index contributed by atoms with van der Waals surface area (Å²) >= 11 is 6.25. The fourth-order valence-electron chi connectivity index (χ4n) is 1.82. The Hall–Kier alpha value is -1.30. The molecule has 16 heavy (non-hydrogen) atoms. The lowest BCUT2D eigenvalue weighted by Crippen LogP contribution is -1.86. The van der Waals surface area contributed by atoms with Crippen molar-refractivity contribution in [1.82, 2.24) is 0 Å². The third-order valence-corrected chi connectivity index (χ3v) is 3.55. The smallest absolute Gasteiger partial charge is 0.140 e.